The quantitative estimate of drug-likeness (QED) is 0.899. The van der Waals surface area contributed by atoms with Crippen molar-refractivity contribution >= 4 is 15.7 Å². The fraction of sp³-hybridized carbons (Fsp3) is 0.267. The minimum Gasteiger partial charge on any atom is -0.464 e. The smallest absolute Gasteiger partial charge is 0.316 e. The highest BCUT2D eigenvalue weighted by Gasteiger charge is 2.18. The summed E-state index contributed by atoms with van der Waals surface area (Å²) in [5, 5.41) is 8.77. The standard InChI is InChI=1S/C15H16N4O3S/c1-4-22-15-17-10(2)14(11(3)18-15)19-23(20,21)13-7-5-12(9-16)6-8-13/h5-8,19H,4H2,1-3H3. The lowest BCUT2D eigenvalue weighted by atomic mass is 10.2. The number of benzene rings is 1. The lowest BCUT2D eigenvalue weighted by Gasteiger charge is -2.13. The van der Waals surface area contributed by atoms with Crippen molar-refractivity contribution in [1.29, 1.82) is 5.26 Å². The van der Waals surface area contributed by atoms with Crippen molar-refractivity contribution in [3.8, 4) is 12.1 Å². The van der Waals surface area contributed by atoms with E-state index in [2.05, 4.69) is 14.7 Å². The first kappa shape index (κ1) is 16.7. The van der Waals surface area contributed by atoms with Gasteiger partial charge in [-0.1, -0.05) is 0 Å². The maximum Gasteiger partial charge on any atom is 0.316 e. The van der Waals surface area contributed by atoms with E-state index in [0.717, 1.165) is 0 Å². The van der Waals surface area contributed by atoms with E-state index < -0.39 is 10.0 Å². The van der Waals surface area contributed by atoms with Crippen LogP contribution in [0.4, 0.5) is 5.69 Å². The van der Waals surface area contributed by atoms with Crippen LogP contribution in [0.1, 0.15) is 23.9 Å². The van der Waals surface area contributed by atoms with Crippen LogP contribution in [0, 0.1) is 25.2 Å². The molecular formula is C15H16N4O3S. The van der Waals surface area contributed by atoms with Crippen molar-refractivity contribution in [3.05, 3.63) is 41.2 Å². The average Bonchev–Trinajstić information content (AvgIpc) is 2.51. The first-order valence-corrected chi connectivity index (χ1v) is 8.36. The van der Waals surface area contributed by atoms with Crippen molar-refractivity contribution < 1.29 is 13.2 Å². The molecule has 120 valence electrons. The van der Waals surface area contributed by atoms with Crippen molar-refractivity contribution in [1.82, 2.24) is 9.97 Å². The van der Waals surface area contributed by atoms with Gasteiger partial charge in [0.2, 0.25) is 0 Å². The largest absolute Gasteiger partial charge is 0.464 e. The third kappa shape index (κ3) is 3.76. The molecule has 7 nitrogen and oxygen atoms in total. The van der Waals surface area contributed by atoms with E-state index >= 15 is 0 Å². The summed E-state index contributed by atoms with van der Waals surface area (Å²) < 4.78 is 32.6. The predicted molar refractivity (Wildman–Crippen MR) is 84.6 cm³/mol. The Morgan fingerprint density at radius 3 is 2.22 bits per heavy atom. The number of sulfonamides is 1. The Bertz CT molecular complexity index is 832. The van der Waals surface area contributed by atoms with Crippen molar-refractivity contribution in [3.63, 3.8) is 0 Å². The lowest BCUT2D eigenvalue weighted by molar-refractivity contribution is 0.311. The molecule has 0 saturated heterocycles. The van der Waals surface area contributed by atoms with Gasteiger partial charge in [-0.05, 0) is 45.0 Å². The molecule has 23 heavy (non-hydrogen) atoms. The number of aromatic nitrogens is 2. The Hall–Kier alpha value is -2.66. The van der Waals surface area contributed by atoms with E-state index in [1.54, 1.807) is 13.8 Å². The third-order valence-electron chi connectivity index (χ3n) is 3.05. The molecule has 0 bridgehead atoms. The van der Waals surface area contributed by atoms with Gasteiger partial charge >= 0.3 is 6.01 Å². The number of ether oxygens (including phenoxy) is 1. The zero-order chi connectivity index (χ0) is 17.0. The number of nitrogens with one attached hydrogen (secondary N) is 1. The van der Waals surface area contributed by atoms with Crippen molar-refractivity contribution in [2.24, 2.45) is 0 Å². The van der Waals surface area contributed by atoms with Crippen LogP contribution in [0.5, 0.6) is 6.01 Å². The minimum atomic E-state index is -3.79. The van der Waals surface area contributed by atoms with Crippen LogP contribution in [-0.4, -0.2) is 25.0 Å². The number of hydrogen-bond donors (Lipinski definition) is 1. The van der Waals surface area contributed by atoms with Gasteiger partial charge in [-0.3, -0.25) is 4.72 Å². The van der Waals surface area contributed by atoms with Gasteiger partial charge in [-0.15, -0.1) is 0 Å². The first-order chi connectivity index (χ1) is 10.9. The van der Waals surface area contributed by atoms with Gasteiger partial charge in [0.25, 0.3) is 10.0 Å². The average molecular weight is 332 g/mol. The summed E-state index contributed by atoms with van der Waals surface area (Å²) >= 11 is 0. The predicted octanol–water partition coefficient (Wildman–Crippen LogP) is 2.16. The molecule has 0 saturated carbocycles. The number of nitrogens with zero attached hydrogens (tertiary/aromatic N) is 3. The van der Waals surface area contributed by atoms with Crippen LogP contribution in [-0.2, 0) is 10.0 Å². The Morgan fingerprint density at radius 2 is 1.74 bits per heavy atom. The van der Waals surface area contributed by atoms with Crippen molar-refractivity contribution in [2.45, 2.75) is 25.7 Å². The second-order valence-electron chi connectivity index (χ2n) is 4.73. The minimum absolute atomic E-state index is 0.0594. The van der Waals surface area contributed by atoms with Crippen LogP contribution in [0.3, 0.4) is 0 Å². The van der Waals surface area contributed by atoms with Crippen LogP contribution < -0.4 is 9.46 Å². The molecule has 2 aromatic rings. The molecular weight excluding hydrogens is 316 g/mol. The van der Waals surface area contributed by atoms with Gasteiger partial charge in [-0.2, -0.15) is 15.2 Å². The highest BCUT2D eigenvalue weighted by atomic mass is 32.2. The maximum absolute atomic E-state index is 12.4. The van der Waals surface area contributed by atoms with E-state index in [1.807, 2.05) is 13.0 Å². The Morgan fingerprint density at radius 1 is 1.17 bits per heavy atom. The molecule has 0 atom stereocenters. The molecule has 0 aliphatic carbocycles. The van der Waals surface area contributed by atoms with E-state index in [-0.39, 0.29) is 10.9 Å². The van der Waals surface area contributed by atoms with Crippen LogP contribution >= 0.6 is 0 Å². The van der Waals surface area contributed by atoms with Crippen LogP contribution in [0.25, 0.3) is 0 Å². The Balaban J connectivity index is 2.35. The van der Waals surface area contributed by atoms with E-state index in [9.17, 15) is 8.42 Å². The zero-order valence-corrected chi connectivity index (χ0v) is 13.8. The number of aryl methyl sites for hydroxylation is 2. The number of nitriles is 1. The first-order valence-electron chi connectivity index (χ1n) is 6.88. The molecule has 1 heterocycles. The summed E-state index contributed by atoms with van der Waals surface area (Å²) in [6.45, 7) is 5.59. The number of hydrogen-bond acceptors (Lipinski definition) is 6. The van der Waals surface area contributed by atoms with E-state index in [1.165, 1.54) is 24.3 Å². The molecule has 0 aliphatic rings. The molecule has 0 spiro atoms. The molecule has 1 N–H and O–H groups in total. The van der Waals surface area contributed by atoms with E-state index in [0.29, 0.717) is 29.2 Å². The molecule has 0 aliphatic heterocycles. The van der Waals surface area contributed by atoms with Gasteiger partial charge in [0, 0.05) is 0 Å². The fourth-order valence-corrected chi connectivity index (χ4v) is 3.11. The molecule has 0 amide bonds. The second kappa shape index (κ2) is 6.62. The van der Waals surface area contributed by atoms with Crippen molar-refractivity contribution in [2.75, 3.05) is 11.3 Å². The SMILES string of the molecule is CCOc1nc(C)c(NS(=O)(=O)c2ccc(C#N)cc2)c(C)n1. The normalized spacial score (nSPS) is 10.9. The monoisotopic (exact) mass is 332 g/mol. The van der Waals surface area contributed by atoms with E-state index in [4.69, 9.17) is 10.00 Å². The molecule has 0 unspecified atom stereocenters. The second-order valence-corrected chi connectivity index (χ2v) is 6.41. The summed E-state index contributed by atoms with van der Waals surface area (Å²) in [5.74, 6) is 0. The highest BCUT2D eigenvalue weighted by Crippen LogP contribution is 2.23. The molecule has 2 rings (SSSR count). The summed E-state index contributed by atoms with van der Waals surface area (Å²) in [6, 6.07) is 7.80. The Kier molecular flexibility index (Phi) is 4.81. The topological polar surface area (TPSA) is 105 Å². The Labute approximate surface area is 135 Å². The van der Waals surface area contributed by atoms with Crippen LogP contribution in [0.15, 0.2) is 29.2 Å². The zero-order valence-electron chi connectivity index (χ0n) is 13.0. The molecule has 0 fully saturated rings. The molecule has 0 radical (unpaired) electrons. The van der Waals surface area contributed by atoms with Gasteiger partial charge in [-0.25, -0.2) is 8.42 Å². The summed E-state index contributed by atoms with van der Waals surface area (Å²) in [6.07, 6.45) is 0. The summed E-state index contributed by atoms with van der Waals surface area (Å²) in [4.78, 5) is 8.31. The van der Waals surface area contributed by atoms with Gasteiger partial charge in [0.05, 0.1) is 40.2 Å². The lowest BCUT2D eigenvalue weighted by Crippen LogP contribution is -2.16. The molecule has 8 heteroatoms. The summed E-state index contributed by atoms with van der Waals surface area (Å²) in [5.41, 5.74) is 1.65. The fourth-order valence-electron chi connectivity index (χ4n) is 1.93. The van der Waals surface area contributed by atoms with Gasteiger partial charge < -0.3 is 4.74 Å². The maximum atomic E-state index is 12.4. The number of anilines is 1. The highest BCUT2D eigenvalue weighted by molar-refractivity contribution is 7.92. The van der Waals surface area contributed by atoms with Crippen LogP contribution in [0.2, 0.25) is 0 Å². The number of rotatable bonds is 5. The van der Waals surface area contributed by atoms with Gasteiger partial charge in [0.1, 0.15) is 0 Å². The molecule has 1 aromatic heterocycles. The third-order valence-corrected chi connectivity index (χ3v) is 4.42. The van der Waals surface area contributed by atoms with Gasteiger partial charge in [0.15, 0.2) is 0 Å². The summed E-state index contributed by atoms with van der Waals surface area (Å²) in [7, 11) is -3.79. The molecule has 1 aromatic carbocycles.